The Hall–Kier alpha value is -7.62. The van der Waals surface area contributed by atoms with Gasteiger partial charge in [0.05, 0.1) is 36.5 Å². The van der Waals surface area contributed by atoms with Gasteiger partial charge in [0, 0.05) is 5.41 Å². The standard InChI is InChI=1S/C41H32N8O8/c1-21-42-37(46-39(44-21)54-5)48-33(50)29-17-15-27(19-31(29)35(48)52)56-25-11-7-23(8-12-25)41(3,4)24-9-13-26(14-10-24)57-28-16-18-30-32(20-28)36(53)49(34(30)51)38-43-22(2)45-40(47-38)55-6/h7-20H,1-6H3. The number of benzene rings is 4. The molecule has 2 aliphatic rings. The van der Waals surface area contributed by atoms with Crippen molar-refractivity contribution in [2.24, 2.45) is 0 Å². The summed E-state index contributed by atoms with van der Waals surface area (Å²) in [6, 6.07) is 24.5. The number of ether oxygens (including phenoxy) is 4. The number of carbonyl (C=O) groups is 4. The van der Waals surface area contributed by atoms with E-state index in [1.807, 2.05) is 48.5 Å². The van der Waals surface area contributed by atoms with E-state index in [2.05, 4.69) is 43.8 Å². The Kier molecular flexibility index (Phi) is 8.87. The Morgan fingerprint density at radius 2 is 0.807 bits per heavy atom. The molecule has 0 atom stereocenters. The smallest absolute Gasteiger partial charge is 0.321 e. The summed E-state index contributed by atoms with van der Waals surface area (Å²) in [7, 11) is 2.77. The number of nitrogens with zero attached hydrogens (tertiary/aromatic N) is 8. The van der Waals surface area contributed by atoms with E-state index in [4.69, 9.17) is 18.9 Å². The Labute approximate surface area is 325 Å². The number of aromatic nitrogens is 6. The highest BCUT2D eigenvalue weighted by Gasteiger charge is 2.40. The first-order chi connectivity index (χ1) is 27.3. The molecule has 4 aromatic carbocycles. The number of methoxy groups -OCH3 is 2. The molecule has 16 heteroatoms. The lowest BCUT2D eigenvalue weighted by Crippen LogP contribution is -2.31. The molecule has 0 fully saturated rings. The number of imide groups is 2. The Morgan fingerprint density at radius 3 is 1.18 bits per heavy atom. The van der Waals surface area contributed by atoms with Gasteiger partial charge >= 0.3 is 12.0 Å². The lowest BCUT2D eigenvalue weighted by atomic mass is 9.78. The van der Waals surface area contributed by atoms with Crippen molar-refractivity contribution in [1.29, 1.82) is 0 Å². The van der Waals surface area contributed by atoms with Gasteiger partial charge in [0.15, 0.2) is 0 Å². The van der Waals surface area contributed by atoms with E-state index in [9.17, 15) is 19.2 Å². The molecule has 0 unspecified atom stereocenters. The van der Waals surface area contributed by atoms with Gasteiger partial charge in [-0.25, -0.2) is 9.80 Å². The van der Waals surface area contributed by atoms with Gasteiger partial charge in [0.25, 0.3) is 23.6 Å². The van der Waals surface area contributed by atoms with Gasteiger partial charge in [0.2, 0.25) is 11.9 Å². The molecule has 0 N–H and O–H groups in total. The second-order valence-electron chi connectivity index (χ2n) is 13.5. The van der Waals surface area contributed by atoms with Crippen molar-refractivity contribution in [1.82, 2.24) is 29.9 Å². The maximum absolute atomic E-state index is 13.3. The molecule has 0 radical (unpaired) electrons. The van der Waals surface area contributed by atoms with Gasteiger partial charge in [-0.2, -0.15) is 29.9 Å². The first-order valence-corrected chi connectivity index (χ1v) is 17.5. The minimum atomic E-state index is -0.582. The van der Waals surface area contributed by atoms with Crippen molar-refractivity contribution >= 4 is 35.5 Å². The molecule has 4 amide bonds. The van der Waals surface area contributed by atoms with E-state index >= 15 is 0 Å². The molecule has 2 aliphatic heterocycles. The first kappa shape index (κ1) is 36.4. The van der Waals surface area contributed by atoms with Crippen LogP contribution in [0.2, 0.25) is 0 Å². The topological polar surface area (TPSA) is 189 Å². The number of hydrogen-bond acceptors (Lipinski definition) is 14. The van der Waals surface area contributed by atoms with E-state index in [0.717, 1.165) is 20.9 Å². The van der Waals surface area contributed by atoms with E-state index in [-0.39, 0.29) is 46.2 Å². The summed E-state index contributed by atoms with van der Waals surface area (Å²) in [5.41, 5.74) is 2.34. The number of aryl methyl sites for hydroxylation is 2. The van der Waals surface area contributed by atoms with Crippen LogP contribution in [0.4, 0.5) is 11.9 Å². The Morgan fingerprint density at radius 1 is 0.456 bits per heavy atom. The minimum Gasteiger partial charge on any atom is -0.467 e. The van der Waals surface area contributed by atoms with Gasteiger partial charge in [-0.15, -0.1) is 0 Å². The normalized spacial score (nSPS) is 13.5. The van der Waals surface area contributed by atoms with Crippen LogP contribution in [0, 0.1) is 13.8 Å². The van der Waals surface area contributed by atoms with Crippen molar-refractivity contribution in [3.8, 4) is 35.0 Å². The average molecular weight is 765 g/mol. The zero-order chi connectivity index (χ0) is 40.2. The number of anilines is 2. The van der Waals surface area contributed by atoms with Crippen LogP contribution in [0.15, 0.2) is 84.9 Å². The molecular weight excluding hydrogens is 732 g/mol. The summed E-state index contributed by atoms with van der Waals surface area (Å²) in [4.78, 5) is 79.3. The Bertz CT molecular complexity index is 2470. The van der Waals surface area contributed by atoms with Crippen LogP contribution in [-0.4, -0.2) is 67.8 Å². The zero-order valence-electron chi connectivity index (χ0n) is 31.4. The summed E-state index contributed by atoms with van der Waals surface area (Å²) >= 11 is 0. The molecule has 6 aromatic rings. The fraction of sp³-hybridized carbons (Fsp3) is 0.171. The van der Waals surface area contributed by atoms with E-state index in [0.29, 0.717) is 34.6 Å². The first-order valence-electron chi connectivity index (χ1n) is 17.5. The SMILES string of the molecule is COc1nc(C)nc(N2C(=O)c3ccc(Oc4ccc(C(C)(C)c5ccc(Oc6ccc7c(c6)C(=O)N(c6nc(C)nc(OC)n6)C7=O)cc5)cc4)cc3C2=O)n1. The van der Waals surface area contributed by atoms with Crippen molar-refractivity contribution in [3.05, 3.63) is 130 Å². The van der Waals surface area contributed by atoms with E-state index in [1.165, 1.54) is 38.5 Å². The zero-order valence-corrected chi connectivity index (χ0v) is 31.4. The third kappa shape index (κ3) is 6.52. The number of amides is 4. The predicted octanol–water partition coefficient (Wildman–Crippen LogP) is 6.20. The second-order valence-corrected chi connectivity index (χ2v) is 13.5. The monoisotopic (exact) mass is 764 g/mol. The summed E-state index contributed by atoms with van der Waals surface area (Å²) in [5.74, 6) is -0.108. The number of hydrogen-bond donors (Lipinski definition) is 0. The molecule has 16 nitrogen and oxygen atoms in total. The van der Waals surface area contributed by atoms with Crippen molar-refractivity contribution in [3.63, 3.8) is 0 Å². The average Bonchev–Trinajstić information content (AvgIpc) is 3.60. The van der Waals surface area contributed by atoms with Crippen LogP contribution in [0.3, 0.4) is 0 Å². The largest absolute Gasteiger partial charge is 0.467 e. The van der Waals surface area contributed by atoms with E-state index in [1.54, 1.807) is 26.0 Å². The summed E-state index contributed by atoms with van der Waals surface area (Å²) in [6.07, 6.45) is 0. The van der Waals surface area contributed by atoms with Crippen LogP contribution in [0.1, 0.15) is 78.1 Å². The second kappa shape index (κ2) is 13.9. The molecule has 0 saturated carbocycles. The van der Waals surface area contributed by atoms with Gasteiger partial charge in [0.1, 0.15) is 34.6 Å². The predicted molar refractivity (Wildman–Crippen MR) is 203 cm³/mol. The van der Waals surface area contributed by atoms with Gasteiger partial charge in [-0.05, 0) is 85.6 Å². The molecule has 4 heterocycles. The third-order valence-electron chi connectivity index (χ3n) is 9.53. The van der Waals surface area contributed by atoms with E-state index < -0.39 is 29.0 Å². The van der Waals surface area contributed by atoms with Crippen LogP contribution in [0.5, 0.6) is 35.0 Å². The van der Waals surface area contributed by atoms with Crippen LogP contribution >= 0.6 is 0 Å². The van der Waals surface area contributed by atoms with Gasteiger partial charge in [-0.3, -0.25) is 19.2 Å². The highest BCUT2D eigenvalue weighted by molar-refractivity contribution is 6.34. The summed E-state index contributed by atoms with van der Waals surface area (Å²) in [6.45, 7) is 7.40. The minimum absolute atomic E-state index is 0.00846. The number of fused-ring (bicyclic) bond motifs is 2. The molecule has 0 spiro atoms. The Balaban J connectivity index is 0.937. The molecule has 2 aromatic heterocycles. The number of rotatable bonds is 10. The van der Waals surface area contributed by atoms with Crippen LogP contribution in [-0.2, 0) is 5.41 Å². The molecule has 8 rings (SSSR count). The van der Waals surface area contributed by atoms with Gasteiger partial charge < -0.3 is 18.9 Å². The highest BCUT2D eigenvalue weighted by atomic mass is 16.5. The maximum Gasteiger partial charge on any atom is 0.321 e. The third-order valence-corrected chi connectivity index (χ3v) is 9.53. The lowest BCUT2D eigenvalue weighted by molar-refractivity contribution is 0.0907. The van der Waals surface area contributed by atoms with Crippen molar-refractivity contribution < 1.29 is 38.1 Å². The molecular formula is C41H32N8O8. The summed E-state index contributed by atoms with van der Waals surface area (Å²) < 4.78 is 22.4. The molecule has 0 aliphatic carbocycles. The van der Waals surface area contributed by atoms with Crippen LogP contribution in [0.25, 0.3) is 0 Å². The van der Waals surface area contributed by atoms with Crippen molar-refractivity contribution in [2.75, 3.05) is 24.0 Å². The van der Waals surface area contributed by atoms with Gasteiger partial charge in [-0.1, -0.05) is 38.1 Å². The molecule has 57 heavy (non-hydrogen) atoms. The fourth-order valence-corrected chi connectivity index (χ4v) is 6.52. The van der Waals surface area contributed by atoms with Crippen molar-refractivity contribution in [2.45, 2.75) is 33.1 Å². The number of carbonyl (C=O) groups excluding carboxylic acids is 4. The van der Waals surface area contributed by atoms with Crippen LogP contribution < -0.4 is 28.7 Å². The molecule has 0 saturated heterocycles. The highest BCUT2D eigenvalue weighted by Crippen LogP contribution is 2.37. The summed E-state index contributed by atoms with van der Waals surface area (Å²) in [5, 5.41) is 0. The maximum atomic E-state index is 13.3. The quantitative estimate of drug-likeness (QED) is 0.143. The molecule has 284 valence electrons. The molecule has 0 bridgehead atoms. The fourth-order valence-electron chi connectivity index (χ4n) is 6.52. The lowest BCUT2D eigenvalue weighted by Gasteiger charge is -2.26.